The van der Waals surface area contributed by atoms with Crippen molar-refractivity contribution in [2.45, 2.75) is 51.4 Å². The van der Waals surface area contributed by atoms with Crippen molar-refractivity contribution in [3.8, 4) is 0 Å². The van der Waals surface area contributed by atoms with Crippen molar-refractivity contribution in [1.29, 1.82) is 0 Å². The van der Waals surface area contributed by atoms with E-state index in [1.54, 1.807) is 0 Å². The molecule has 4 heteroatoms. The maximum Gasteiger partial charge on any atom is 0.308 e. The first-order chi connectivity index (χ1) is 9.61. The number of carboxylic acids is 2. The molecule has 0 amide bonds. The monoisotopic (exact) mass is 278 g/mol. The molecule has 0 unspecified atom stereocenters. The summed E-state index contributed by atoms with van der Waals surface area (Å²) in [5, 5.41) is 19.2. The third-order valence-electron chi connectivity index (χ3n) is 5.55. The van der Waals surface area contributed by atoms with E-state index in [2.05, 4.69) is 0 Å². The molecule has 3 aliphatic rings. The molecule has 3 rings (SSSR count). The van der Waals surface area contributed by atoms with Crippen LogP contribution in [0.3, 0.4) is 0 Å². The molecule has 110 valence electrons. The highest BCUT2D eigenvalue weighted by Crippen LogP contribution is 2.52. The highest BCUT2D eigenvalue weighted by Gasteiger charge is 2.51. The summed E-state index contributed by atoms with van der Waals surface area (Å²) in [6.07, 6.45) is 8.01. The first-order valence-corrected chi connectivity index (χ1v) is 7.78. The smallest absolute Gasteiger partial charge is 0.308 e. The number of allylic oxidation sites excluding steroid dienone is 2. The zero-order chi connectivity index (χ0) is 14.3. The summed E-state index contributed by atoms with van der Waals surface area (Å²) >= 11 is 0. The standard InChI is InChI=1S/C16H22O4/c17-15(18)13-11-7-3-1-5-9(11)10-6-2-4-8-12(10)14(13)16(19)20/h11-14H,1-8H2,(H,17,18)(H,19,20)/t11-,12-,13-,14+/m1/s1. The molecule has 2 saturated carbocycles. The Hall–Kier alpha value is -1.32. The minimum Gasteiger partial charge on any atom is -0.481 e. The van der Waals surface area contributed by atoms with Crippen LogP contribution in [0.1, 0.15) is 51.4 Å². The van der Waals surface area contributed by atoms with Crippen molar-refractivity contribution in [1.82, 2.24) is 0 Å². The molecule has 4 nitrogen and oxygen atoms in total. The Balaban J connectivity index is 2.09. The number of fused-ring (bicyclic) bond motifs is 2. The lowest BCUT2D eigenvalue weighted by molar-refractivity contribution is -0.159. The molecule has 0 radical (unpaired) electrons. The Morgan fingerprint density at radius 3 is 1.50 bits per heavy atom. The SMILES string of the molecule is O=C(O)[C@@H]1[C@H](C(=O)O)[C@@H]2CCCCC2=C2CCCC[C@H]21. The zero-order valence-electron chi connectivity index (χ0n) is 11.7. The molecule has 0 spiro atoms. The van der Waals surface area contributed by atoms with Crippen LogP contribution in [0, 0.1) is 23.7 Å². The molecule has 2 N–H and O–H groups in total. The molecule has 0 saturated heterocycles. The van der Waals surface area contributed by atoms with Crippen molar-refractivity contribution in [2.24, 2.45) is 23.7 Å². The first-order valence-electron chi connectivity index (χ1n) is 7.78. The third kappa shape index (κ3) is 2.05. The number of carboxylic acid groups (broad SMARTS) is 2. The summed E-state index contributed by atoms with van der Waals surface area (Å²) in [6, 6.07) is 0. The fourth-order valence-electron chi connectivity index (χ4n) is 4.82. The third-order valence-corrected chi connectivity index (χ3v) is 5.55. The van der Waals surface area contributed by atoms with Gasteiger partial charge in [-0.1, -0.05) is 24.0 Å². The highest BCUT2D eigenvalue weighted by molar-refractivity contribution is 5.82. The van der Waals surface area contributed by atoms with E-state index in [0.29, 0.717) is 0 Å². The lowest BCUT2D eigenvalue weighted by Gasteiger charge is -2.46. The van der Waals surface area contributed by atoms with Gasteiger partial charge in [-0.3, -0.25) is 9.59 Å². The van der Waals surface area contributed by atoms with Crippen molar-refractivity contribution >= 4 is 11.9 Å². The number of rotatable bonds is 2. The van der Waals surface area contributed by atoms with Crippen molar-refractivity contribution in [3.05, 3.63) is 11.1 Å². The number of hydrogen-bond donors (Lipinski definition) is 2. The minimum atomic E-state index is -0.911. The minimum absolute atomic E-state index is 0.0216. The Morgan fingerprint density at radius 2 is 1.15 bits per heavy atom. The summed E-state index contributed by atoms with van der Waals surface area (Å²) in [7, 11) is 0. The van der Waals surface area contributed by atoms with Crippen LogP contribution >= 0.6 is 0 Å². The second-order valence-corrected chi connectivity index (χ2v) is 6.48. The van der Waals surface area contributed by atoms with Gasteiger partial charge in [-0.15, -0.1) is 0 Å². The Labute approximate surface area is 118 Å². The molecular formula is C16H22O4. The molecule has 0 aromatic rings. The Morgan fingerprint density at radius 1 is 0.750 bits per heavy atom. The molecular weight excluding hydrogens is 256 g/mol. The van der Waals surface area contributed by atoms with E-state index < -0.39 is 23.8 Å². The number of carbonyl (C=O) groups is 2. The van der Waals surface area contributed by atoms with E-state index in [0.717, 1.165) is 51.4 Å². The van der Waals surface area contributed by atoms with E-state index in [-0.39, 0.29) is 11.8 Å². The van der Waals surface area contributed by atoms with Crippen molar-refractivity contribution in [2.75, 3.05) is 0 Å². The van der Waals surface area contributed by atoms with E-state index >= 15 is 0 Å². The molecule has 4 atom stereocenters. The maximum absolute atomic E-state index is 11.7. The molecule has 0 bridgehead atoms. The van der Waals surface area contributed by atoms with Crippen LogP contribution in [0.5, 0.6) is 0 Å². The van der Waals surface area contributed by atoms with Crippen LogP contribution < -0.4 is 0 Å². The van der Waals surface area contributed by atoms with Gasteiger partial charge in [-0.05, 0) is 50.4 Å². The molecule has 2 fully saturated rings. The van der Waals surface area contributed by atoms with Gasteiger partial charge in [-0.25, -0.2) is 0 Å². The van der Waals surface area contributed by atoms with Gasteiger partial charge in [-0.2, -0.15) is 0 Å². The molecule has 3 aliphatic carbocycles. The number of hydrogen-bond acceptors (Lipinski definition) is 2. The quantitative estimate of drug-likeness (QED) is 0.761. The molecule has 0 aromatic heterocycles. The lowest BCUT2D eigenvalue weighted by Crippen LogP contribution is -2.46. The van der Waals surface area contributed by atoms with Gasteiger partial charge >= 0.3 is 11.9 Å². The van der Waals surface area contributed by atoms with Crippen LogP contribution in [-0.2, 0) is 9.59 Å². The Kier molecular flexibility index (Phi) is 3.57. The highest BCUT2D eigenvalue weighted by atomic mass is 16.4. The number of aliphatic carboxylic acids is 2. The van der Waals surface area contributed by atoms with E-state index in [9.17, 15) is 19.8 Å². The van der Waals surface area contributed by atoms with Gasteiger partial charge in [0.25, 0.3) is 0 Å². The fourth-order valence-corrected chi connectivity index (χ4v) is 4.82. The zero-order valence-corrected chi connectivity index (χ0v) is 11.7. The van der Waals surface area contributed by atoms with Gasteiger partial charge in [0.1, 0.15) is 0 Å². The molecule has 0 aromatic carbocycles. The maximum atomic E-state index is 11.7. The fraction of sp³-hybridized carbons (Fsp3) is 0.750. The van der Waals surface area contributed by atoms with Crippen LogP contribution in [0.15, 0.2) is 11.1 Å². The van der Waals surface area contributed by atoms with Crippen molar-refractivity contribution in [3.63, 3.8) is 0 Å². The summed E-state index contributed by atoms with van der Waals surface area (Å²) in [5.41, 5.74) is 2.65. The lowest BCUT2D eigenvalue weighted by atomic mass is 9.57. The topological polar surface area (TPSA) is 74.6 Å². The predicted octanol–water partition coefficient (Wildman–Crippen LogP) is 3.08. The average molecular weight is 278 g/mol. The van der Waals surface area contributed by atoms with Gasteiger partial charge in [0.05, 0.1) is 11.8 Å². The van der Waals surface area contributed by atoms with Crippen LogP contribution in [0.25, 0.3) is 0 Å². The molecule has 20 heavy (non-hydrogen) atoms. The largest absolute Gasteiger partial charge is 0.481 e. The van der Waals surface area contributed by atoms with Crippen LogP contribution in [-0.4, -0.2) is 22.2 Å². The predicted molar refractivity (Wildman–Crippen MR) is 73.2 cm³/mol. The average Bonchev–Trinajstić information content (AvgIpc) is 2.45. The Bertz CT molecular complexity index is 423. The summed E-state index contributed by atoms with van der Waals surface area (Å²) < 4.78 is 0. The van der Waals surface area contributed by atoms with E-state index in [1.807, 2.05) is 0 Å². The summed E-state index contributed by atoms with van der Waals surface area (Å²) in [6.45, 7) is 0. The van der Waals surface area contributed by atoms with Gasteiger partial charge in [0, 0.05) is 0 Å². The van der Waals surface area contributed by atoms with Gasteiger partial charge < -0.3 is 10.2 Å². The van der Waals surface area contributed by atoms with Crippen molar-refractivity contribution < 1.29 is 19.8 Å². The van der Waals surface area contributed by atoms with Crippen LogP contribution in [0.2, 0.25) is 0 Å². The molecule has 0 aliphatic heterocycles. The van der Waals surface area contributed by atoms with Gasteiger partial charge in [0.15, 0.2) is 0 Å². The normalized spacial score (nSPS) is 37.0. The van der Waals surface area contributed by atoms with E-state index in [1.165, 1.54) is 11.1 Å². The summed E-state index contributed by atoms with van der Waals surface area (Å²) in [5.74, 6) is -3.29. The molecule has 0 heterocycles. The second kappa shape index (κ2) is 5.23. The second-order valence-electron chi connectivity index (χ2n) is 6.48. The van der Waals surface area contributed by atoms with Gasteiger partial charge in [0.2, 0.25) is 0 Å². The van der Waals surface area contributed by atoms with E-state index in [4.69, 9.17) is 0 Å². The van der Waals surface area contributed by atoms with Crippen LogP contribution in [0.4, 0.5) is 0 Å². The summed E-state index contributed by atoms with van der Waals surface area (Å²) in [4.78, 5) is 23.4. The first kappa shape index (κ1) is 13.7.